The van der Waals surface area contributed by atoms with E-state index in [9.17, 15) is 28.1 Å². The minimum atomic E-state index is -4.69. The van der Waals surface area contributed by atoms with E-state index in [-0.39, 0.29) is 21.5 Å². The number of nitrogens with one attached hydrogen (secondary N) is 1. The minimum absolute atomic E-state index is 0.125. The van der Waals surface area contributed by atoms with Crippen molar-refractivity contribution in [1.82, 2.24) is 9.78 Å². The number of carbonyl (C=O) groups excluding carboxylic acids is 1. The van der Waals surface area contributed by atoms with Crippen LogP contribution in [0.5, 0.6) is 0 Å². The van der Waals surface area contributed by atoms with Crippen molar-refractivity contribution >= 4 is 45.0 Å². The van der Waals surface area contributed by atoms with Crippen molar-refractivity contribution in [2.75, 3.05) is 5.32 Å². The van der Waals surface area contributed by atoms with Crippen LogP contribution in [0.4, 0.5) is 24.5 Å². The van der Waals surface area contributed by atoms with Gasteiger partial charge in [0.25, 0.3) is 5.69 Å². The Kier molecular flexibility index (Phi) is 7.17. The summed E-state index contributed by atoms with van der Waals surface area (Å²) in [6.45, 7) is 4.73. The SMILES string of the molecule is Cc1ccc(Sc2cc(NC(=O)C(C)n3nc(C(F)(F)F)c(Br)c3C)cc([N+](=O)[O-])c2)cc1. The summed E-state index contributed by atoms with van der Waals surface area (Å²) in [4.78, 5) is 25.0. The Balaban J connectivity index is 1.87. The van der Waals surface area contributed by atoms with E-state index in [1.165, 1.54) is 37.7 Å². The molecule has 1 amide bonds. The van der Waals surface area contributed by atoms with E-state index in [0.717, 1.165) is 15.1 Å². The molecule has 0 aliphatic heterocycles. The molecule has 33 heavy (non-hydrogen) atoms. The average Bonchev–Trinajstić information content (AvgIpc) is 3.04. The summed E-state index contributed by atoms with van der Waals surface area (Å²) in [6.07, 6.45) is -4.69. The third-order valence-corrected chi connectivity index (χ3v) is 6.65. The molecule has 3 aromatic rings. The van der Waals surface area contributed by atoms with Gasteiger partial charge >= 0.3 is 6.18 Å². The number of non-ortho nitro benzene ring substituents is 1. The number of benzene rings is 2. The van der Waals surface area contributed by atoms with E-state index >= 15 is 0 Å². The summed E-state index contributed by atoms with van der Waals surface area (Å²) in [7, 11) is 0. The highest BCUT2D eigenvalue weighted by atomic mass is 79.9. The number of nitro groups is 1. The van der Waals surface area contributed by atoms with Gasteiger partial charge in [-0.15, -0.1) is 0 Å². The summed E-state index contributed by atoms with van der Waals surface area (Å²) in [5.74, 6) is -0.673. The Morgan fingerprint density at radius 2 is 1.82 bits per heavy atom. The molecule has 0 radical (unpaired) electrons. The number of nitro benzene ring substituents is 1. The highest BCUT2D eigenvalue weighted by Crippen LogP contribution is 2.37. The fourth-order valence-corrected chi connectivity index (χ4v) is 4.37. The molecule has 7 nitrogen and oxygen atoms in total. The van der Waals surface area contributed by atoms with Crippen LogP contribution in [0.1, 0.15) is 29.9 Å². The zero-order chi connectivity index (χ0) is 24.5. The number of carbonyl (C=O) groups is 1. The van der Waals surface area contributed by atoms with Crippen molar-refractivity contribution in [3.63, 3.8) is 0 Å². The molecule has 1 aromatic heterocycles. The Bertz CT molecular complexity index is 1210. The van der Waals surface area contributed by atoms with Crippen LogP contribution in [0, 0.1) is 24.0 Å². The molecule has 3 rings (SSSR count). The first-order valence-electron chi connectivity index (χ1n) is 9.53. The summed E-state index contributed by atoms with van der Waals surface area (Å²) < 4.78 is 40.2. The second-order valence-corrected chi connectivity index (χ2v) is 9.18. The number of amides is 1. The number of anilines is 1. The molecule has 1 atom stereocenters. The van der Waals surface area contributed by atoms with E-state index in [1.54, 1.807) is 6.07 Å². The normalized spacial score (nSPS) is 12.5. The maximum absolute atomic E-state index is 13.1. The largest absolute Gasteiger partial charge is 0.436 e. The van der Waals surface area contributed by atoms with Gasteiger partial charge in [0, 0.05) is 27.6 Å². The first-order valence-corrected chi connectivity index (χ1v) is 11.1. The smallest absolute Gasteiger partial charge is 0.324 e. The van der Waals surface area contributed by atoms with Crippen LogP contribution in [0.25, 0.3) is 0 Å². The van der Waals surface area contributed by atoms with Gasteiger partial charge in [0.1, 0.15) is 6.04 Å². The molecule has 0 spiro atoms. The van der Waals surface area contributed by atoms with Crippen molar-refractivity contribution < 1.29 is 22.9 Å². The number of rotatable bonds is 6. The lowest BCUT2D eigenvalue weighted by Crippen LogP contribution is -2.25. The molecule has 0 saturated carbocycles. The van der Waals surface area contributed by atoms with Gasteiger partial charge in [-0.05, 0) is 54.9 Å². The van der Waals surface area contributed by atoms with Gasteiger partial charge < -0.3 is 5.32 Å². The number of hydrogen-bond acceptors (Lipinski definition) is 5. The molecular formula is C21H18BrF3N4O3S. The minimum Gasteiger partial charge on any atom is -0.324 e. The van der Waals surface area contributed by atoms with E-state index < -0.39 is 28.7 Å². The van der Waals surface area contributed by atoms with Gasteiger partial charge in [0.15, 0.2) is 5.69 Å². The molecule has 174 valence electrons. The summed E-state index contributed by atoms with van der Waals surface area (Å²) in [5, 5.41) is 17.5. The molecule has 0 aliphatic rings. The van der Waals surface area contributed by atoms with Crippen LogP contribution in [0.2, 0.25) is 0 Å². The van der Waals surface area contributed by atoms with Gasteiger partial charge in [-0.3, -0.25) is 19.6 Å². The van der Waals surface area contributed by atoms with Crippen LogP contribution in [0.3, 0.4) is 0 Å². The molecule has 0 fully saturated rings. The van der Waals surface area contributed by atoms with Crippen LogP contribution >= 0.6 is 27.7 Å². The Labute approximate surface area is 199 Å². The van der Waals surface area contributed by atoms with Crippen LogP contribution in [0.15, 0.2) is 56.7 Å². The number of aromatic nitrogens is 2. The van der Waals surface area contributed by atoms with Crippen molar-refractivity contribution in [1.29, 1.82) is 0 Å². The third kappa shape index (κ3) is 5.74. The first-order chi connectivity index (χ1) is 15.4. The Morgan fingerprint density at radius 1 is 1.18 bits per heavy atom. The van der Waals surface area contributed by atoms with E-state index in [4.69, 9.17) is 0 Å². The predicted octanol–water partition coefficient (Wildman–Crippen LogP) is 6.54. The van der Waals surface area contributed by atoms with E-state index in [2.05, 4.69) is 26.3 Å². The zero-order valence-electron chi connectivity index (χ0n) is 17.6. The number of nitrogens with zero attached hydrogens (tertiary/aromatic N) is 3. The Hall–Kier alpha value is -2.86. The maximum atomic E-state index is 13.1. The molecular weight excluding hydrogens is 525 g/mol. The van der Waals surface area contributed by atoms with Gasteiger partial charge in [0.05, 0.1) is 15.1 Å². The van der Waals surface area contributed by atoms with Crippen molar-refractivity contribution in [3.8, 4) is 0 Å². The monoisotopic (exact) mass is 542 g/mol. The molecule has 1 unspecified atom stereocenters. The van der Waals surface area contributed by atoms with Crippen molar-refractivity contribution in [2.24, 2.45) is 0 Å². The standard InChI is InChI=1S/C21H18BrF3N4O3S/c1-11-4-6-16(7-5-11)33-17-9-14(8-15(10-17)29(31)32)26-20(30)13(3)28-12(2)18(22)19(27-28)21(23,24)25/h4-10,13H,1-3H3,(H,26,30). The van der Waals surface area contributed by atoms with Crippen LogP contribution in [-0.2, 0) is 11.0 Å². The highest BCUT2D eigenvalue weighted by Gasteiger charge is 2.39. The molecule has 2 aromatic carbocycles. The fourth-order valence-electron chi connectivity index (χ4n) is 2.98. The topological polar surface area (TPSA) is 90.1 Å². The molecule has 0 aliphatic carbocycles. The van der Waals surface area contributed by atoms with Gasteiger partial charge in [-0.2, -0.15) is 18.3 Å². The van der Waals surface area contributed by atoms with Gasteiger partial charge in [-0.1, -0.05) is 29.5 Å². The van der Waals surface area contributed by atoms with E-state index in [0.29, 0.717) is 4.90 Å². The van der Waals surface area contributed by atoms with Crippen LogP contribution < -0.4 is 5.32 Å². The fraction of sp³-hybridized carbons (Fsp3) is 0.238. The lowest BCUT2D eigenvalue weighted by Gasteiger charge is -2.15. The number of alkyl halides is 3. The van der Waals surface area contributed by atoms with Gasteiger partial charge in [-0.25, -0.2) is 0 Å². The number of hydrogen-bond donors (Lipinski definition) is 1. The van der Waals surface area contributed by atoms with Crippen LogP contribution in [-0.4, -0.2) is 20.6 Å². The summed E-state index contributed by atoms with van der Waals surface area (Å²) >= 11 is 4.16. The predicted molar refractivity (Wildman–Crippen MR) is 121 cm³/mol. The summed E-state index contributed by atoms with van der Waals surface area (Å²) in [6, 6.07) is 10.6. The molecule has 0 saturated heterocycles. The molecule has 0 bridgehead atoms. The maximum Gasteiger partial charge on any atom is 0.436 e. The van der Waals surface area contributed by atoms with Crippen molar-refractivity contribution in [3.05, 3.63) is 74.0 Å². The lowest BCUT2D eigenvalue weighted by atomic mass is 10.2. The van der Waals surface area contributed by atoms with Gasteiger partial charge in [0.2, 0.25) is 5.91 Å². The second kappa shape index (κ2) is 9.56. The average molecular weight is 543 g/mol. The van der Waals surface area contributed by atoms with Crippen molar-refractivity contribution in [2.45, 2.75) is 42.8 Å². The Morgan fingerprint density at radius 3 is 2.36 bits per heavy atom. The lowest BCUT2D eigenvalue weighted by molar-refractivity contribution is -0.385. The zero-order valence-corrected chi connectivity index (χ0v) is 20.0. The second-order valence-electron chi connectivity index (χ2n) is 7.24. The quantitative estimate of drug-likeness (QED) is 0.282. The van der Waals surface area contributed by atoms with E-state index in [1.807, 2.05) is 31.2 Å². The third-order valence-electron chi connectivity index (χ3n) is 4.72. The molecule has 1 N–H and O–H groups in total. The highest BCUT2D eigenvalue weighted by molar-refractivity contribution is 9.10. The number of halogens is 4. The summed E-state index contributed by atoms with van der Waals surface area (Å²) in [5.41, 5.74) is -0.0241. The first kappa shape index (κ1) is 24.8. The molecule has 12 heteroatoms. The molecule has 1 heterocycles. The number of aryl methyl sites for hydroxylation is 1.